The number of carbonyl (C=O) groups excluding carboxylic acids is 1. The number of carbonyl (C=O) groups is 1. The van der Waals surface area contributed by atoms with Gasteiger partial charge in [-0.15, -0.1) is 11.3 Å². The molecule has 6 nitrogen and oxygen atoms in total. The van der Waals surface area contributed by atoms with E-state index >= 15 is 0 Å². The molecular weight excluding hydrogens is 314 g/mol. The van der Waals surface area contributed by atoms with E-state index in [0.29, 0.717) is 23.2 Å². The van der Waals surface area contributed by atoms with Crippen LogP contribution in [0.1, 0.15) is 35.2 Å². The molecule has 1 N–H and O–H groups in total. The number of amides is 1. The molecule has 122 valence electrons. The lowest BCUT2D eigenvalue weighted by molar-refractivity contribution is 0.101. The number of hydrogen-bond acceptors (Lipinski definition) is 6. The monoisotopic (exact) mass is 333 g/mol. The number of anilines is 1. The Labute approximate surface area is 138 Å². The van der Waals surface area contributed by atoms with Gasteiger partial charge in [-0.05, 0) is 20.8 Å². The van der Waals surface area contributed by atoms with Crippen molar-refractivity contribution in [2.75, 3.05) is 11.9 Å². The van der Waals surface area contributed by atoms with Crippen molar-refractivity contribution in [3.8, 4) is 5.75 Å². The molecule has 23 heavy (non-hydrogen) atoms. The van der Waals surface area contributed by atoms with E-state index in [1.807, 2.05) is 32.2 Å². The highest BCUT2D eigenvalue weighted by molar-refractivity contribution is 7.13. The number of rotatable bonds is 4. The fraction of sp³-hybridized carbons (Fsp3) is 0.438. The number of hydrogen-bond donors (Lipinski definition) is 1. The number of aryl methyl sites for hydroxylation is 2. The Balaban J connectivity index is 1.72. The van der Waals surface area contributed by atoms with Crippen molar-refractivity contribution in [3.63, 3.8) is 0 Å². The molecule has 0 spiro atoms. The largest absolute Gasteiger partial charge is 0.488 e. The molecule has 0 saturated carbocycles. The van der Waals surface area contributed by atoms with E-state index in [1.165, 1.54) is 11.3 Å². The average molecular weight is 333 g/mol. The van der Waals surface area contributed by atoms with Crippen molar-refractivity contribution in [2.45, 2.75) is 39.4 Å². The van der Waals surface area contributed by atoms with E-state index in [0.717, 1.165) is 17.8 Å². The van der Waals surface area contributed by atoms with Crippen LogP contribution in [-0.2, 0) is 4.74 Å². The van der Waals surface area contributed by atoms with Gasteiger partial charge in [-0.2, -0.15) is 0 Å². The molecule has 3 heterocycles. The fourth-order valence-electron chi connectivity index (χ4n) is 2.45. The molecule has 1 aliphatic heterocycles. The number of ether oxygens (including phenoxy) is 2. The first-order valence-corrected chi connectivity index (χ1v) is 8.38. The minimum absolute atomic E-state index is 0.0179. The van der Waals surface area contributed by atoms with Crippen molar-refractivity contribution >= 4 is 22.4 Å². The van der Waals surface area contributed by atoms with Crippen LogP contribution >= 0.6 is 11.3 Å². The minimum Gasteiger partial charge on any atom is -0.488 e. The van der Waals surface area contributed by atoms with E-state index in [-0.39, 0.29) is 18.1 Å². The Bertz CT molecular complexity index is 716. The first-order chi connectivity index (χ1) is 11.0. The lowest BCUT2D eigenvalue weighted by atomic mass is 10.2. The molecule has 1 aliphatic rings. The summed E-state index contributed by atoms with van der Waals surface area (Å²) >= 11 is 1.39. The summed E-state index contributed by atoms with van der Waals surface area (Å²) < 4.78 is 11.4. The summed E-state index contributed by atoms with van der Waals surface area (Å²) in [4.78, 5) is 20.8. The van der Waals surface area contributed by atoms with Crippen LogP contribution in [0.3, 0.4) is 0 Å². The summed E-state index contributed by atoms with van der Waals surface area (Å²) in [7, 11) is 0. The molecular formula is C16H19N3O3S. The van der Waals surface area contributed by atoms with Crippen LogP contribution in [0.25, 0.3) is 0 Å². The Kier molecular flexibility index (Phi) is 4.58. The van der Waals surface area contributed by atoms with Crippen LogP contribution in [0.5, 0.6) is 5.75 Å². The summed E-state index contributed by atoms with van der Waals surface area (Å²) in [6, 6.07) is 3.49. The maximum absolute atomic E-state index is 12.3. The van der Waals surface area contributed by atoms with E-state index in [9.17, 15) is 4.79 Å². The van der Waals surface area contributed by atoms with Gasteiger partial charge in [0.15, 0.2) is 5.13 Å². The lowest BCUT2D eigenvalue weighted by Crippen LogP contribution is -2.18. The van der Waals surface area contributed by atoms with Crippen LogP contribution in [0.2, 0.25) is 0 Å². The fourth-order valence-corrected chi connectivity index (χ4v) is 3.13. The van der Waals surface area contributed by atoms with Crippen LogP contribution < -0.4 is 10.1 Å². The quantitative estimate of drug-likeness (QED) is 0.931. The smallest absolute Gasteiger partial charge is 0.276 e. The zero-order chi connectivity index (χ0) is 16.4. The highest BCUT2D eigenvalue weighted by atomic mass is 32.1. The third-order valence-corrected chi connectivity index (χ3v) is 4.34. The van der Waals surface area contributed by atoms with Crippen molar-refractivity contribution in [3.05, 3.63) is 34.6 Å². The topological polar surface area (TPSA) is 73.3 Å². The maximum Gasteiger partial charge on any atom is 0.276 e. The Morgan fingerprint density at radius 2 is 2.17 bits per heavy atom. The van der Waals surface area contributed by atoms with E-state index in [4.69, 9.17) is 9.47 Å². The highest BCUT2D eigenvalue weighted by Gasteiger charge is 2.24. The van der Waals surface area contributed by atoms with E-state index < -0.39 is 0 Å². The molecule has 7 heteroatoms. The maximum atomic E-state index is 12.3. The lowest BCUT2D eigenvalue weighted by Gasteiger charge is -2.13. The second-order valence-electron chi connectivity index (χ2n) is 5.70. The number of nitrogens with zero attached hydrogens (tertiary/aromatic N) is 2. The predicted molar refractivity (Wildman–Crippen MR) is 88.2 cm³/mol. The number of aromatic nitrogens is 2. The third kappa shape index (κ3) is 4.05. The van der Waals surface area contributed by atoms with Gasteiger partial charge in [0.2, 0.25) is 0 Å². The zero-order valence-corrected chi connectivity index (χ0v) is 14.1. The van der Waals surface area contributed by atoms with Gasteiger partial charge in [0.1, 0.15) is 17.5 Å². The summed E-state index contributed by atoms with van der Waals surface area (Å²) in [6.45, 7) is 6.32. The Morgan fingerprint density at radius 1 is 1.35 bits per heavy atom. The van der Waals surface area contributed by atoms with Crippen molar-refractivity contribution in [1.29, 1.82) is 0 Å². The normalized spacial score (nSPS) is 20.5. The summed E-state index contributed by atoms with van der Waals surface area (Å²) in [6.07, 6.45) is 1.07. The van der Waals surface area contributed by atoms with Gasteiger partial charge >= 0.3 is 0 Å². The molecule has 1 amide bonds. The summed E-state index contributed by atoms with van der Waals surface area (Å²) in [5, 5.41) is 5.21. The van der Waals surface area contributed by atoms with Gasteiger partial charge in [0.25, 0.3) is 5.91 Å². The number of pyridine rings is 1. The molecule has 3 rings (SSSR count). The predicted octanol–water partition coefficient (Wildman–Crippen LogP) is 2.96. The van der Waals surface area contributed by atoms with Crippen molar-refractivity contribution < 1.29 is 14.3 Å². The van der Waals surface area contributed by atoms with Crippen molar-refractivity contribution in [1.82, 2.24) is 9.97 Å². The van der Waals surface area contributed by atoms with Gasteiger partial charge < -0.3 is 9.47 Å². The second-order valence-corrected chi connectivity index (χ2v) is 6.56. The van der Waals surface area contributed by atoms with Gasteiger partial charge in [0.05, 0.1) is 18.4 Å². The Hall–Kier alpha value is -1.99. The molecule has 0 radical (unpaired) electrons. The molecule has 0 aliphatic carbocycles. The van der Waals surface area contributed by atoms with E-state index in [2.05, 4.69) is 15.3 Å². The molecule has 2 aromatic heterocycles. The standard InChI is InChI=1S/C16H19N3O3S/c1-9-4-12(22-13-5-11(3)21-7-13)6-14(17-9)15(20)19-16-18-10(2)8-23-16/h4,6,8,11,13H,5,7H2,1-3H3,(H,18,19,20)/t11-,13-/m1/s1. The van der Waals surface area contributed by atoms with Crippen LogP contribution in [0.4, 0.5) is 5.13 Å². The average Bonchev–Trinajstić information content (AvgIpc) is 3.07. The summed E-state index contributed by atoms with van der Waals surface area (Å²) in [5.41, 5.74) is 1.93. The van der Waals surface area contributed by atoms with Crippen molar-refractivity contribution in [2.24, 2.45) is 0 Å². The molecule has 2 aromatic rings. The number of nitrogens with one attached hydrogen (secondary N) is 1. The van der Waals surface area contributed by atoms with Crippen LogP contribution in [0.15, 0.2) is 17.5 Å². The van der Waals surface area contributed by atoms with E-state index in [1.54, 1.807) is 6.07 Å². The van der Waals surface area contributed by atoms with Gasteiger partial charge in [0, 0.05) is 29.6 Å². The molecule has 1 saturated heterocycles. The third-order valence-electron chi connectivity index (χ3n) is 3.46. The first-order valence-electron chi connectivity index (χ1n) is 7.50. The Morgan fingerprint density at radius 3 is 2.83 bits per heavy atom. The van der Waals surface area contributed by atoms with Gasteiger partial charge in [-0.1, -0.05) is 0 Å². The van der Waals surface area contributed by atoms with Crippen LogP contribution in [-0.4, -0.2) is 34.7 Å². The second kappa shape index (κ2) is 6.64. The van der Waals surface area contributed by atoms with Gasteiger partial charge in [-0.25, -0.2) is 9.97 Å². The zero-order valence-electron chi connectivity index (χ0n) is 13.3. The van der Waals surface area contributed by atoms with Crippen LogP contribution in [0, 0.1) is 13.8 Å². The molecule has 2 atom stereocenters. The highest BCUT2D eigenvalue weighted by Crippen LogP contribution is 2.22. The molecule has 0 bridgehead atoms. The molecule has 0 aromatic carbocycles. The first kappa shape index (κ1) is 15.9. The van der Waals surface area contributed by atoms with Gasteiger partial charge in [-0.3, -0.25) is 10.1 Å². The SMILES string of the molecule is Cc1cc(O[C@H]2CO[C@H](C)C2)cc(C(=O)Nc2nc(C)cs2)n1. The molecule has 1 fully saturated rings. The molecule has 0 unspecified atom stereocenters. The minimum atomic E-state index is -0.288. The number of thiazole rings is 1. The summed E-state index contributed by atoms with van der Waals surface area (Å²) in [5.74, 6) is 0.351.